The fraction of sp³-hybridized carbons (Fsp3) is 0.597. The second-order valence-electron chi connectivity index (χ2n) is 13.8. The highest BCUT2D eigenvalue weighted by Gasteiger charge is 2.07. The highest BCUT2D eigenvalue weighted by molar-refractivity contribution is 7.91. The molecule has 0 aliphatic heterocycles. The zero-order valence-electron chi connectivity index (χ0n) is 54.4. The molecule has 5 aromatic rings. The van der Waals surface area contributed by atoms with Crippen LogP contribution < -0.4 is 0 Å². The average molecular weight is 1200 g/mol. The molecule has 468 valence electrons. The molecular weight excluding hydrogens is 1080 g/mol. The molecule has 2 heterocycles. The molecule has 79 heavy (non-hydrogen) atoms. The van der Waals surface area contributed by atoms with E-state index in [0.717, 1.165) is 19.3 Å². The van der Waals surface area contributed by atoms with E-state index in [2.05, 4.69) is 83.2 Å². The van der Waals surface area contributed by atoms with E-state index in [4.69, 9.17) is 15.3 Å². The standard InChI is InChI=1S/C9H10.C8H7N.C8H6S.3C4H10O2S.3C3H6O2.8C2H6/c1-2-5-9-7-3-6-8(9)4-1;2*1-2-4-8-7(3-1)5-6-9-8;3*1-3-4-7(2,5)6;3*1-2-3(4)5;8*1-2/h1-2,4-5H,3,6-7H2;1-6,9H;1-6H;3*3-4H2,1-2H3;3*2H2,1H3,(H,4,5);8*1-2H3. The molecule has 4 N–H and O–H groups in total. The van der Waals surface area contributed by atoms with Crippen LogP contribution in [0, 0.1) is 0 Å². The Kier molecular flexibility index (Phi) is 98.0. The van der Waals surface area contributed by atoms with Gasteiger partial charge >= 0.3 is 17.9 Å². The van der Waals surface area contributed by atoms with Gasteiger partial charge in [0.1, 0.15) is 29.5 Å². The first kappa shape index (κ1) is 99.7. The van der Waals surface area contributed by atoms with Crippen molar-refractivity contribution in [2.24, 2.45) is 0 Å². The Morgan fingerprint density at radius 2 is 0.709 bits per heavy atom. The summed E-state index contributed by atoms with van der Waals surface area (Å²) in [5, 5.41) is 27.9. The van der Waals surface area contributed by atoms with Gasteiger partial charge in [-0.2, -0.15) is 0 Å². The van der Waals surface area contributed by atoms with E-state index in [0.29, 0.717) is 17.3 Å². The number of benzene rings is 3. The number of carboxylic acid groups (broad SMARTS) is 3. The van der Waals surface area contributed by atoms with E-state index < -0.39 is 47.4 Å². The Morgan fingerprint density at radius 1 is 0.430 bits per heavy atom. The minimum absolute atomic E-state index is 0.222. The van der Waals surface area contributed by atoms with E-state index >= 15 is 0 Å². The zero-order chi connectivity index (χ0) is 64.9. The number of thiophene rings is 1. The molecule has 0 radical (unpaired) electrons. The number of carboxylic acids is 3. The third kappa shape index (κ3) is 90.2. The van der Waals surface area contributed by atoms with Gasteiger partial charge < -0.3 is 20.3 Å². The molecule has 1 aliphatic carbocycles. The summed E-state index contributed by atoms with van der Waals surface area (Å²) in [5.74, 6) is -1.30. The molecule has 0 bridgehead atoms. The summed E-state index contributed by atoms with van der Waals surface area (Å²) in [7, 11) is -8.02. The third-order valence-electron chi connectivity index (χ3n) is 7.47. The number of para-hydroxylation sites is 1. The topological polar surface area (TPSA) is 230 Å². The van der Waals surface area contributed by atoms with Gasteiger partial charge in [0.15, 0.2) is 0 Å². The molecular formula is C62H119NO12S4. The van der Waals surface area contributed by atoms with Crippen molar-refractivity contribution in [1.82, 2.24) is 4.98 Å². The Hall–Kier alpha value is -4.58. The number of H-pyrrole nitrogens is 1. The molecule has 0 amide bonds. The van der Waals surface area contributed by atoms with Crippen LogP contribution in [0.5, 0.6) is 0 Å². The van der Waals surface area contributed by atoms with Gasteiger partial charge in [-0.25, -0.2) is 25.3 Å². The minimum Gasteiger partial charge on any atom is -0.481 e. The lowest BCUT2D eigenvalue weighted by Gasteiger charge is -1.93. The number of hydrogen-bond acceptors (Lipinski definition) is 10. The van der Waals surface area contributed by atoms with Crippen LogP contribution in [0.3, 0.4) is 0 Å². The van der Waals surface area contributed by atoms with E-state index in [1.165, 1.54) is 59.0 Å². The highest BCUT2D eigenvalue weighted by atomic mass is 32.2. The van der Waals surface area contributed by atoms with Gasteiger partial charge in [0.05, 0.1) is 0 Å². The summed E-state index contributed by atoms with van der Waals surface area (Å²) in [6, 6.07) is 29.6. The van der Waals surface area contributed by atoms with E-state index in [-0.39, 0.29) is 19.3 Å². The summed E-state index contributed by atoms with van der Waals surface area (Å²) in [6.07, 6.45) is 12.5. The molecule has 2 aromatic heterocycles. The van der Waals surface area contributed by atoms with Crippen LogP contribution in [0.4, 0.5) is 0 Å². The van der Waals surface area contributed by atoms with Gasteiger partial charge in [0, 0.05) is 71.7 Å². The Morgan fingerprint density at radius 3 is 0.962 bits per heavy atom. The number of rotatable bonds is 9. The quantitative estimate of drug-likeness (QED) is 0.108. The first-order valence-corrected chi connectivity index (χ1v) is 35.7. The summed E-state index contributed by atoms with van der Waals surface area (Å²) in [6.45, 7) is 42.3. The lowest BCUT2D eigenvalue weighted by Crippen LogP contribution is -2.00. The molecule has 0 unspecified atom stereocenters. The van der Waals surface area contributed by atoms with E-state index in [1.807, 2.05) is 150 Å². The van der Waals surface area contributed by atoms with E-state index in [9.17, 15) is 39.6 Å². The third-order valence-corrected chi connectivity index (χ3v) is 11.8. The van der Waals surface area contributed by atoms with Gasteiger partial charge in [-0.15, -0.1) is 11.3 Å². The van der Waals surface area contributed by atoms with Crippen molar-refractivity contribution in [3.05, 3.63) is 108 Å². The number of nitrogens with one attached hydrogen (secondary N) is 1. The summed E-state index contributed by atoms with van der Waals surface area (Å²) in [4.78, 5) is 31.2. The predicted molar refractivity (Wildman–Crippen MR) is 353 cm³/mol. The molecule has 0 fully saturated rings. The zero-order valence-corrected chi connectivity index (χ0v) is 57.6. The van der Waals surface area contributed by atoms with Crippen LogP contribution >= 0.6 is 11.3 Å². The largest absolute Gasteiger partial charge is 0.481 e. The minimum atomic E-state index is -2.67. The molecule has 0 saturated carbocycles. The van der Waals surface area contributed by atoms with Gasteiger partial charge in [-0.1, -0.05) is 213 Å². The maximum atomic E-state index is 10.2. The summed E-state index contributed by atoms with van der Waals surface area (Å²) in [5.41, 5.74) is 4.34. The van der Waals surface area contributed by atoms with Crippen molar-refractivity contribution in [2.45, 2.75) is 210 Å². The number of aliphatic carboxylic acids is 3. The number of carbonyl (C=O) groups is 3. The van der Waals surface area contributed by atoms with Crippen molar-refractivity contribution >= 4 is 79.7 Å². The van der Waals surface area contributed by atoms with Crippen LogP contribution in [-0.2, 0) is 56.7 Å². The second-order valence-corrected chi connectivity index (χ2v) is 21.5. The van der Waals surface area contributed by atoms with Crippen molar-refractivity contribution in [2.75, 3.05) is 36.0 Å². The average Bonchev–Trinajstić information content (AvgIpc) is 4.26. The number of fused-ring (bicyclic) bond motifs is 3. The van der Waals surface area contributed by atoms with Crippen molar-refractivity contribution < 1.29 is 55.0 Å². The second kappa shape index (κ2) is 77.6. The molecule has 0 spiro atoms. The first-order valence-electron chi connectivity index (χ1n) is 28.6. The van der Waals surface area contributed by atoms with Crippen molar-refractivity contribution in [3.8, 4) is 0 Å². The van der Waals surface area contributed by atoms with Crippen molar-refractivity contribution in [3.63, 3.8) is 0 Å². The smallest absolute Gasteiger partial charge is 0.303 e. The van der Waals surface area contributed by atoms with Crippen LogP contribution in [0.15, 0.2) is 96.5 Å². The molecule has 3 aromatic carbocycles. The Balaban J connectivity index is -0.0000000714. The number of sulfone groups is 3. The van der Waals surface area contributed by atoms with Crippen LogP contribution in [0.25, 0.3) is 21.0 Å². The van der Waals surface area contributed by atoms with Crippen molar-refractivity contribution in [1.29, 1.82) is 0 Å². The lowest BCUT2D eigenvalue weighted by molar-refractivity contribution is -0.137. The van der Waals surface area contributed by atoms with Gasteiger partial charge in [0.2, 0.25) is 0 Å². The predicted octanol–water partition coefficient (Wildman–Crippen LogP) is 18.2. The molecule has 1 aliphatic rings. The molecule has 17 heteroatoms. The first-order chi connectivity index (χ1) is 37.4. The SMILES string of the molecule is CC.CC.CC.CC.CC.CC.CC.CC.CCC(=O)O.CCC(=O)O.CCC(=O)O.CCCS(C)(=O)=O.CCCS(C)(=O)=O.CCCS(C)(=O)=O.c1ccc2[nH]ccc2c1.c1ccc2c(c1)CCC2.c1ccc2sccc2c1. The number of hydrogen-bond donors (Lipinski definition) is 4. The molecule has 13 nitrogen and oxygen atoms in total. The highest BCUT2D eigenvalue weighted by Crippen LogP contribution is 2.20. The Labute approximate surface area is 490 Å². The molecule has 6 rings (SSSR count). The van der Waals surface area contributed by atoms with Gasteiger partial charge in [0.25, 0.3) is 0 Å². The Bertz CT molecular complexity index is 2040. The lowest BCUT2D eigenvalue weighted by atomic mass is 10.1. The number of aromatic nitrogens is 1. The van der Waals surface area contributed by atoms with Crippen LogP contribution in [0.1, 0.15) is 208 Å². The number of aromatic amines is 1. The van der Waals surface area contributed by atoms with Gasteiger partial charge in [-0.3, -0.25) is 14.4 Å². The normalized spacial score (nSPS) is 9.23. The number of aryl methyl sites for hydroxylation is 2. The summed E-state index contributed by atoms with van der Waals surface area (Å²) >= 11 is 1.79. The fourth-order valence-electron chi connectivity index (χ4n) is 4.53. The van der Waals surface area contributed by atoms with Crippen LogP contribution in [-0.4, -0.2) is 99.5 Å². The molecule has 0 saturated heterocycles. The van der Waals surface area contributed by atoms with Crippen LogP contribution in [0.2, 0.25) is 0 Å². The van der Waals surface area contributed by atoms with Gasteiger partial charge in [-0.05, 0) is 90.1 Å². The molecule has 0 atom stereocenters. The monoisotopic (exact) mass is 1200 g/mol. The summed E-state index contributed by atoms with van der Waals surface area (Å²) < 4.78 is 62.8. The van der Waals surface area contributed by atoms with E-state index in [1.54, 1.807) is 43.2 Å². The maximum absolute atomic E-state index is 10.2. The maximum Gasteiger partial charge on any atom is 0.303 e. The fourth-order valence-corrected chi connectivity index (χ4v) is 7.54.